The van der Waals surface area contributed by atoms with E-state index in [1.54, 1.807) is 7.11 Å². The summed E-state index contributed by atoms with van der Waals surface area (Å²) in [6, 6.07) is 19.5. The maximum Gasteiger partial charge on any atom is 0.280 e. The van der Waals surface area contributed by atoms with E-state index in [1.165, 1.54) is 5.01 Å². The van der Waals surface area contributed by atoms with Gasteiger partial charge in [-0.2, -0.15) is 10.1 Å². The van der Waals surface area contributed by atoms with Crippen molar-refractivity contribution in [3.8, 4) is 11.5 Å². The predicted octanol–water partition coefficient (Wildman–Crippen LogP) is 6.91. The van der Waals surface area contributed by atoms with E-state index in [0.717, 1.165) is 26.9 Å². The Labute approximate surface area is 210 Å². The molecule has 168 valence electrons. The zero-order valence-electron chi connectivity index (χ0n) is 18.4. The number of benzene rings is 3. The molecule has 0 saturated heterocycles. The fourth-order valence-electron chi connectivity index (χ4n) is 3.50. The fourth-order valence-corrected chi connectivity index (χ4v) is 4.45. The number of ether oxygens (including phenoxy) is 2. The molecule has 0 saturated carbocycles. The number of amides is 1. The van der Waals surface area contributed by atoms with Crippen molar-refractivity contribution in [3.63, 3.8) is 0 Å². The summed E-state index contributed by atoms with van der Waals surface area (Å²) < 4.78 is 13.1. The lowest BCUT2D eigenvalue weighted by Crippen LogP contribution is -2.21. The molecule has 1 aliphatic rings. The summed E-state index contributed by atoms with van der Waals surface area (Å²) in [7, 11) is 1.59. The summed E-state index contributed by atoms with van der Waals surface area (Å²) in [4.78, 5) is 13.2. The molecule has 0 radical (unpaired) electrons. The second-order valence-corrected chi connectivity index (χ2v) is 9.18. The average molecular weight is 570 g/mol. The molecule has 0 N–H and O–H groups in total. The Morgan fingerprint density at radius 1 is 1.00 bits per heavy atom. The molecular formula is C26H22Br2N2O3. The number of anilines is 1. The Morgan fingerprint density at radius 2 is 1.76 bits per heavy atom. The van der Waals surface area contributed by atoms with Crippen LogP contribution in [0.15, 0.2) is 80.3 Å². The molecule has 0 spiro atoms. The van der Waals surface area contributed by atoms with Crippen molar-refractivity contribution in [1.29, 1.82) is 0 Å². The van der Waals surface area contributed by atoms with Gasteiger partial charge < -0.3 is 9.47 Å². The van der Waals surface area contributed by atoms with Crippen LogP contribution in [0, 0.1) is 6.92 Å². The fraction of sp³-hybridized carbons (Fsp3) is 0.154. The van der Waals surface area contributed by atoms with Crippen molar-refractivity contribution in [2.45, 2.75) is 20.5 Å². The number of methoxy groups -OCH3 is 1. The van der Waals surface area contributed by atoms with Gasteiger partial charge in [0.15, 0.2) is 11.5 Å². The largest absolute Gasteiger partial charge is 0.493 e. The van der Waals surface area contributed by atoms with Crippen molar-refractivity contribution in [2.24, 2.45) is 5.10 Å². The molecule has 1 aliphatic heterocycles. The smallest absolute Gasteiger partial charge is 0.280 e. The zero-order valence-corrected chi connectivity index (χ0v) is 21.6. The second kappa shape index (κ2) is 9.93. The van der Waals surface area contributed by atoms with Gasteiger partial charge in [-0.05, 0) is 86.7 Å². The molecule has 33 heavy (non-hydrogen) atoms. The lowest BCUT2D eigenvalue weighted by Gasteiger charge is -2.16. The second-order valence-electron chi connectivity index (χ2n) is 7.60. The Kier molecular flexibility index (Phi) is 7.00. The van der Waals surface area contributed by atoms with Crippen LogP contribution in [0.1, 0.15) is 23.6 Å². The van der Waals surface area contributed by atoms with Gasteiger partial charge in [0.05, 0.1) is 28.6 Å². The molecule has 3 aromatic rings. The number of halogens is 2. The summed E-state index contributed by atoms with van der Waals surface area (Å²) in [5.74, 6) is 0.966. The zero-order chi connectivity index (χ0) is 23.5. The number of aryl methyl sites for hydroxylation is 1. The van der Waals surface area contributed by atoms with Crippen LogP contribution < -0.4 is 14.5 Å². The number of rotatable bonds is 6. The molecule has 0 aromatic heterocycles. The van der Waals surface area contributed by atoms with Gasteiger partial charge in [0.1, 0.15) is 6.61 Å². The Bertz CT molecular complexity index is 1270. The van der Waals surface area contributed by atoms with E-state index in [2.05, 4.69) is 37.0 Å². The predicted molar refractivity (Wildman–Crippen MR) is 139 cm³/mol. The number of carbonyl (C=O) groups excluding carboxylic acids is 1. The van der Waals surface area contributed by atoms with Gasteiger partial charge >= 0.3 is 0 Å². The first kappa shape index (κ1) is 23.3. The summed E-state index contributed by atoms with van der Waals surface area (Å²) in [5, 5.41) is 5.92. The lowest BCUT2D eigenvalue weighted by molar-refractivity contribution is -0.114. The third-order valence-electron chi connectivity index (χ3n) is 5.21. The van der Waals surface area contributed by atoms with E-state index in [-0.39, 0.29) is 5.91 Å². The summed E-state index contributed by atoms with van der Waals surface area (Å²) in [6.07, 6.45) is 1.81. The minimum Gasteiger partial charge on any atom is -0.493 e. The van der Waals surface area contributed by atoms with Crippen LogP contribution in [0.2, 0.25) is 0 Å². The van der Waals surface area contributed by atoms with Crippen molar-refractivity contribution in [2.75, 3.05) is 12.1 Å². The van der Waals surface area contributed by atoms with E-state index >= 15 is 0 Å². The van der Waals surface area contributed by atoms with Gasteiger partial charge in [0.25, 0.3) is 5.91 Å². The van der Waals surface area contributed by atoms with Gasteiger partial charge in [-0.3, -0.25) is 4.79 Å². The SMILES string of the molecule is COc1cc(/C=C2\C(=O)N(c3cccc(C)c3)N=C2C)c(Br)c(Br)c1OCc1ccccc1. The number of nitrogens with zero attached hydrogens (tertiary/aromatic N) is 2. The van der Waals surface area contributed by atoms with Gasteiger partial charge in [0.2, 0.25) is 0 Å². The topological polar surface area (TPSA) is 51.1 Å². The lowest BCUT2D eigenvalue weighted by atomic mass is 10.1. The molecule has 7 heteroatoms. The Morgan fingerprint density at radius 3 is 2.45 bits per heavy atom. The van der Waals surface area contributed by atoms with Gasteiger partial charge in [-0.1, -0.05) is 42.5 Å². The molecule has 0 unspecified atom stereocenters. The van der Waals surface area contributed by atoms with Crippen LogP contribution in [0.3, 0.4) is 0 Å². The van der Waals surface area contributed by atoms with Gasteiger partial charge in [0, 0.05) is 4.47 Å². The highest BCUT2D eigenvalue weighted by atomic mass is 79.9. The van der Waals surface area contributed by atoms with E-state index in [4.69, 9.17) is 9.47 Å². The van der Waals surface area contributed by atoms with Crippen LogP contribution in [0.25, 0.3) is 6.08 Å². The van der Waals surface area contributed by atoms with Crippen LogP contribution >= 0.6 is 31.9 Å². The Balaban J connectivity index is 1.66. The van der Waals surface area contributed by atoms with E-state index in [0.29, 0.717) is 33.9 Å². The monoisotopic (exact) mass is 568 g/mol. The molecule has 0 atom stereocenters. The summed E-state index contributed by atoms with van der Waals surface area (Å²) in [5.41, 5.74) is 4.79. The Hall–Kier alpha value is -2.90. The maximum atomic E-state index is 13.2. The van der Waals surface area contributed by atoms with Crippen molar-refractivity contribution in [1.82, 2.24) is 0 Å². The first-order chi connectivity index (χ1) is 15.9. The highest BCUT2D eigenvalue weighted by Gasteiger charge is 2.29. The molecule has 5 nitrogen and oxygen atoms in total. The van der Waals surface area contributed by atoms with Crippen LogP contribution in [-0.2, 0) is 11.4 Å². The molecule has 0 bridgehead atoms. The van der Waals surface area contributed by atoms with Crippen molar-refractivity contribution >= 4 is 55.2 Å². The van der Waals surface area contributed by atoms with E-state index < -0.39 is 0 Å². The molecule has 3 aromatic carbocycles. The molecule has 0 aliphatic carbocycles. The number of carbonyl (C=O) groups is 1. The van der Waals surface area contributed by atoms with Gasteiger partial charge in [-0.15, -0.1) is 0 Å². The molecule has 4 rings (SSSR count). The summed E-state index contributed by atoms with van der Waals surface area (Å²) >= 11 is 7.27. The maximum absolute atomic E-state index is 13.2. The molecule has 1 heterocycles. The quantitative estimate of drug-likeness (QED) is 0.303. The van der Waals surface area contributed by atoms with E-state index in [1.807, 2.05) is 80.6 Å². The van der Waals surface area contributed by atoms with Crippen LogP contribution in [0.4, 0.5) is 5.69 Å². The molecular weight excluding hydrogens is 548 g/mol. The van der Waals surface area contributed by atoms with Crippen LogP contribution in [-0.4, -0.2) is 18.7 Å². The minimum absolute atomic E-state index is 0.176. The first-order valence-electron chi connectivity index (χ1n) is 10.3. The van der Waals surface area contributed by atoms with Crippen molar-refractivity contribution in [3.05, 3.63) is 91.9 Å². The third kappa shape index (κ3) is 4.89. The highest BCUT2D eigenvalue weighted by Crippen LogP contribution is 2.44. The molecule has 1 amide bonds. The molecule has 0 fully saturated rings. The highest BCUT2D eigenvalue weighted by molar-refractivity contribution is 9.13. The van der Waals surface area contributed by atoms with Crippen molar-refractivity contribution < 1.29 is 14.3 Å². The number of hydrogen-bond acceptors (Lipinski definition) is 4. The number of hydrazone groups is 1. The van der Waals surface area contributed by atoms with E-state index in [9.17, 15) is 4.79 Å². The standard InChI is InChI=1S/C26H22Br2N2O3/c1-16-8-7-11-20(12-16)30-26(31)21(17(2)29-30)13-19-14-22(32-3)25(24(28)23(19)27)33-15-18-9-5-4-6-10-18/h4-14H,15H2,1-3H3/b21-13-. The summed E-state index contributed by atoms with van der Waals surface area (Å²) in [6.45, 7) is 4.22. The van der Waals surface area contributed by atoms with Crippen LogP contribution in [0.5, 0.6) is 11.5 Å². The number of hydrogen-bond donors (Lipinski definition) is 0. The first-order valence-corrected chi connectivity index (χ1v) is 11.9. The third-order valence-corrected chi connectivity index (χ3v) is 7.35. The minimum atomic E-state index is -0.176. The van der Waals surface area contributed by atoms with Gasteiger partial charge in [-0.25, -0.2) is 0 Å². The normalized spacial score (nSPS) is 14.6. The average Bonchev–Trinajstić information content (AvgIpc) is 3.10.